The minimum absolute atomic E-state index is 0.0862. The Morgan fingerprint density at radius 2 is 1.93 bits per heavy atom. The molecular formula is C11H21BrO2. The summed E-state index contributed by atoms with van der Waals surface area (Å²) in [5, 5.41) is 0. The fourth-order valence-electron chi connectivity index (χ4n) is 1.29. The first-order valence-electron chi connectivity index (χ1n) is 5.41. The van der Waals surface area contributed by atoms with Gasteiger partial charge in [0.25, 0.3) is 0 Å². The molecule has 0 N–H and O–H groups in total. The predicted molar refractivity (Wildman–Crippen MR) is 62.7 cm³/mol. The molecule has 0 amide bonds. The molecule has 0 fully saturated rings. The molecule has 0 heterocycles. The summed E-state index contributed by atoms with van der Waals surface area (Å²) in [6.45, 7) is 2.19. The SMILES string of the molecule is CCC(Br)CCCCCCC(=O)OC. The lowest BCUT2D eigenvalue weighted by Gasteiger charge is -2.05. The first kappa shape index (κ1) is 13.9. The summed E-state index contributed by atoms with van der Waals surface area (Å²) >= 11 is 3.61. The highest BCUT2D eigenvalue weighted by Crippen LogP contribution is 2.14. The third-order valence-electron chi connectivity index (χ3n) is 2.32. The number of hydrogen-bond acceptors (Lipinski definition) is 2. The van der Waals surface area contributed by atoms with Gasteiger partial charge < -0.3 is 4.74 Å². The zero-order valence-corrected chi connectivity index (χ0v) is 10.8. The molecule has 0 aliphatic rings. The second-order valence-electron chi connectivity index (χ2n) is 3.53. The largest absolute Gasteiger partial charge is 0.469 e. The number of halogens is 1. The van der Waals surface area contributed by atoms with E-state index in [1.165, 1.54) is 32.8 Å². The topological polar surface area (TPSA) is 26.3 Å². The van der Waals surface area contributed by atoms with Crippen LogP contribution in [0, 0.1) is 0 Å². The van der Waals surface area contributed by atoms with Crippen molar-refractivity contribution in [3.05, 3.63) is 0 Å². The van der Waals surface area contributed by atoms with Crippen molar-refractivity contribution in [2.75, 3.05) is 7.11 Å². The maximum Gasteiger partial charge on any atom is 0.305 e. The minimum atomic E-state index is -0.0862. The quantitative estimate of drug-likeness (QED) is 0.380. The molecule has 0 aliphatic carbocycles. The molecule has 0 saturated heterocycles. The van der Waals surface area contributed by atoms with Crippen LogP contribution in [0.2, 0.25) is 0 Å². The van der Waals surface area contributed by atoms with Crippen molar-refractivity contribution in [1.82, 2.24) is 0 Å². The van der Waals surface area contributed by atoms with E-state index in [2.05, 4.69) is 27.6 Å². The Morgan fingerprint density at radius 1 is 1.29 bits per heavy atom. The van der Waals surface area contributed by atoms with Gasteiger partial charge in [-0.05, 0) is 19.3 Å². The fraction of sp³-hybridized carbons (Fsp3) is 0.909. The summed E-state index contributed by atoms with van der Waals surface area (Å²) in [7, 11) is 1.44. The molecule has 0 aromatic carbocycles. The van der Waals surface area contributed by atoms with E-state index in [0.29, 0.717) is 11.2 Å². The zero-order chi connectivity index (χ0) is 10.8. The molecule has 1 unspecified atom stereocenters. The van der Waals surface area contributed by atoms with E-state index in [1.807, 2.05) is 0 Å². The van der Waals surface area contributed by atoms with Gasteiger partial charge in [-0.2, -0.15) is 0 Å². The average Bonchev–Trinajstić information content (AvgIpc) is 2.22. The van der Waals surface area contributed by atoms with Crippen LogP contribution < -0.4 is 0 Å². The highest BCUT2D eigenvalue weighted by atomic mass is 79.9. The van der Waals surface area contributed by atoms with Crippen LogP contribution in [0.4, 0.5) is 0 Å². The van der Waals surface area contributed by atoms with Gasteiger partial charge in [0, 0.05) is 11.2 Å². The average molecular weight is 265 g/mol. The van der Waals surface area contributed by atoms with Crippen molar-refractivity contribution in [1.29, 1.82) is 0 Å². The number of unbranched alkanes of at least 4 members (excludes halogenated alkanes) is 3. The molecule has 84 valence electrons. The van der Waals surface area contributed by atoms with Crippen molar-refractivity contribution in [3.63, 3.8) is 0 Å². The van der Waals surface area contributed by atoms with E-state index in [1.54, 1.807) is 0 Å². The number of ether oxygens (including phenoxy) is 1. The minimum Gasteiger partial charge on any atom is -0.469 e. The van der Waals surface area contributed by atoms with Crippen molar-refractivity contribution >= 4 is 21.9 Å². The molecule has 0 aromatic rings. The van der Waals surface area contributed by atoms with Crippen molar-refractivity contribution < 1.29 is 9.53 Å². The molecule has 0 aromatic heterocycles. The van der Waals surface area contributed by atoms with Crippen LogP contribution in [-0.4, -0.2) is 17.9 Å². The summed E-state index contributed by atoms with van der Waals surface area (Å²) in [6.07, 6.45) is 7.59. The lowest BCUT2D eigenvalue weighted by atomic mass is 10.1. The summed E-state index contributed by atoms with van der Waals surface area (Å²) in [6, 6.07) is 0. The van der Waals surface area contributed by atoms with Crippen LogP contribution in [-0.2, 0) is 9.53 Å². The van der Waals surface area contributed by atoms with Gasteiger partial charge in [0.2, 0.25) is 0 Å². The molecule has 0 aliphatic heterocycles. The Hall–Kier alpha value is -0.0500. The van der Waals surface area contributed by atoms with Gasteiger partial charge in [0.15, 0.2) is 0 Å². The second kappa shape index (κ2) is 9.50. The summed E-state index contributed by atoms with van der Waals surface area (Å²) in [5.41, 5.74) is 0. The number of rotatable bonds is 8. The van der Waals surface area contributed by atoms with Crippen molar-refractivity contribution in [2.45, 2.75) is 56.7 Å². The molecule has 0 spiro atoms. The van der Waals surface area contributed by atoms with Crippen LogP contribution in [0.1, 0.15) is 51.9 Å². The van der Waals surface area contributed by atoms with Gasteiger partial charge in [0.05, 0.1) is 7.11 Å². The monoisotopic (exact) mass is 264 g/mol. The number of carbonyl (C=O) groups is 1. The van der Waals surface area contributed by atoms with Crippen LogP contribution in [0.15, 0.2) is 0 Å². The molecule has 14 heavy (non-hydrogen) atoms. The highest BCUT2D eigenvalue weighted by Gasteiger charge is 2.01. The maximum absolute atomic E-state index is 10.8. The second-order valence-corrected chi connectivity index (χ2v) is 4.83. The molecule has 2 nitrogen and oxygen atoms in total. The van der Waals surface area contributed by atoms with Crippen LogP contribution in [0.5, 0.6) is 0 Å². The molecule has 1 atom stereocenters. The van der Waals surface area contributed by atoms with Gasteiger partial charge in [-0.15, -0.1) is 0 Å². The van der Waals surface area contributed by atoms with Crippen LogP contribution >= 0.6 is 15.9 Å². The lowest BCUT2D eigenvalue weighted by Crippen LogP contribution is -1.99. The highest BCUT2D eigenvalue weighted by molar-refractivity contribution is 9.09. The predicted octanol–water partition coefficient (Wildman–Crippen LogP) is 3.67. The van der Waals surface area contributed by atoms with E-state index >= 15 is 0 Å². The van der Waals surface area contributed by atoms with Gasteiger partial charge >= 0.3 is 5.97 Å². The van der Waals surface area contributed by atoms with E-state index in [0.717, 1.165) is 12.8 Å². The molecule has 0 bridgehead atoms. The summed E-state index contributed by atoms with van der Waals surface area (Å²) in [4.78, 5) is 11.4. The molecule has 0 rings (SSSR count). The fourth-order valence-corrected chi connectivity index (χ4v) is 1.62. The van der Waals surface area contributed by atoms with Crippen LogP contribution in [0.25, 0.3) is 0 Å². The summed E-state index contributed by atoms with van der Waals surface area (Å²) < 4.78 is 4.57. The Bertz CT molecular complexity index is 148. The smallest absolute Gasteiger partial charge is 0.305 e. The van der Waals surface area contributed by atoms with E-state index in [-0.39, 0.29) is 5.97 Å². The van der Waals surface area contributed by atoms with Gasteiger partial charge in [0.1, 0.15) is 0 Å². The molecule has 0 saturated carbocycles. The zero-order valence-electron chi connectivity index (χ0n) is 9.22. The van der Waals surface area contributed by atoms with Crippen molar-refractivity contribution in [2.24, 2.45) is 0 Å². The number of carbonyl (C=O) groups excluding carboxylic acids is 1. The normalized spacial score (nSPS) is 12.5. The third-order valence-corrected chi connectivity index (χ3v) is 3.42. The van der Waals surface area contributed by atoms with E-state index in [9.17, 15) is 4.79 Å². The number of esters is 1. The number of alkyl halides is 1. The van der Waals surface area contributed by atoms with Gasteiger partial charge in [-0.1, -0.05) is 42.1 Å². The molecule has 3 heteroatoms. The number of methoxy groups -OCH3 is 1. The van der Waals surface area contributed by atoms with Crippen LogP contribution in [0.3, 0.4) is 0 Å². The Balaban J connectivity index is 3.10. The van der Waals surface area contributed by atoms with E-state index in [4.69, 9.17) is 0 Å². The Morgan fingerprint density at radius 3 is 2.50 bits per heavy atom. The lowest BCUT2D eigenvalue weighted by molar-refractivity contribution is -0.140. The first-order valence-corrected chi connectivity index (χ1v) is 6.33. The molecule has 0 radical (unpaired) electrons. The standard InChI is InChI=1S/C11H21BrO2/c1-3-10(12)8-6-4-5-7-9-11(13)14-2/h10H,3-9H2,1-2H3. The van der Waals surface area contributed by atoms with Gasteiger partial charge in [-0.3, -0.25) is 4.79 Å². The number of hydrogen-bond donors (Lipinski definition) is 0. The Labute approximate surface area is 95.5 Å². The van der Waals surface area contributed by atoms with E-state index < -0.39 is 0 Å². The summed E-state index contributed by atoms with van der Waals surface area (Å²) in [5.74, 6) is -0.0862. The molecular weight excluding hydrogens is 244 g/mol. The Kier molecular flexibility index (Phi) is 9.47. The first-order chi connectivity index (χ1) is 6.70. The van der Waals surface area contributed by atoms with Gasteiger partial charge in [-0.25, -0.2) is 0 Å². The van der Waals surface area contributed by atoms with Crippen molar-refractivity contribution in [3.8, 4) is 0 Å². The third kappa shape index (κ3) is 8.54. The maximum atomic E-state index is 10.8.